The van der Waals surface area contributed by atoms with E-state index in [1.54, 1.807) is 0 Å². The molecule has 0 bridgehead atoms. The van der Waals surface area contributed by atoms with Crippen molar-refractivity contribution in [2.75, 3.05) is 6.61 Å². The first-order valence-corrected chi connectivity index (χ1v) is 6.98. The van der Waals surface area contributed by atoms with Gasteiger partial charge in [0, 0.05) is 0 Å². The molecule has 2 heteroatoms. The lowest BCUT2D eigenvalue weighted by Gasteiger charge is -2.28. The molecule has 1 heterocycles. The van der Waals surface area contributed by atoms with Crippen LogP contribution in [0.1, 0.15) is 44.6 Å². The molecule has 0 saturated heterocycles. The van der Waals surface area contributed by atoms with Crippen molar-refractivity contribution in [3.63, 3.8) is 0 Å². The summed E-state index contributed by atoms with van der Waals surface area (Å²) in [7, 11) is 0. The van der Waals surface area contributed by atoms with Gasteiger partial charge in [-0.05, 0) is 48.1 Å². The lowest BCUT2D eigenvalue weighted by molar-refractivity contribution is 0.111. The van der Waals surface area contributed by atoms with Crippen molar-refractivity contribution in [1.29, 1.82) is 0 Å². The Hall–Kier alpha value is -1.02. The van der Waals surface area contributed by atoms with Crippen molar-refractivity contribution in [2.24, 2.45) is 11.3 Å². The molecule has 1 aliphatic carbocycles. The van der Waals surface area contributed by atoms with Crippen LogP contribution in [0.3, 0.4) is 0 Å². The monoisotopic (exact) mass is 246 g/mol. The topological polar surface area (TPSA) is 29.5 Å². The fourth-order valence-electron chi connectivity index (χ4n) is 3.28. The van der Waals surface area contributed by atoms with E-state index in [4.69, 9.17) is 4.74 Å². The first-order valence-electron chi connectivity index (χ1n) is 6.98. The fraction of sp³-hybridized carbons (Fsp3) is 0.625. The molecule has 1 aliphatic heterocycles. The van der Waals surface area contributed by atoms with Crippen molar-refractivity contribution in [3.05, 3.63) is 29.8 Å². The van der Waals surface area contributed by atoms with Crippen LogP contribution in [0.15, 0.2) is 24.3 Å². The largest absolute Gasteiger partial charge is 0.493 e. The molecule has 18 heavy (non-hydrogen) atoms. The molecule has 1 saturated carbocycles. The summed E-state index contributed by atoms with van der Waals surface area (Å²) in [5.41, 5.74) is 1.63. The van der Waals surface area contributed by atoms with Crippen LogP contribution in [0.2, 0.25) is 0 Å². The minimum atomic E-state index is -0.156. The van der Waals surface area contributed by atoms with Gasteiger partial charge >= 0.3 is 0 Å². The Labute approximate surface area is 109 Å². The van der Waals surface area contributed by atoms with Crippen LogP contribution in [0.25, 0.3) is 0 Å². The molecule has 0 aromatic heterocycles. The number of hydrogen-bond donors (Lipinski definition) is 1. The van der Waals surface area contributed by atoms with Crippen molar-refractivity contribution in [2.45, 2.75) is 45.1 Å². The van der Waals surface area contributed by atoms with E-state index in [2.05, 4.69) is 26.0 Å². The van der Waals surface area contributed by atoms with Gasteiger partial charge in [0.05, 0.1) is 12.7 Å². The van der Waals surface area contributed by atoms with Crippen molar-refractivity contribution in [1.82, 2.24) is 0 Å². The molecule has 3 rings (SSSR count). The first kappa shape index (κ1) is 12.0. The van der Waals surface area contributed by atoms with Crippen LogP contribution in [-0.4, -0.2) is 17.8 Å². The maximum atomic E-state index is 10.4. The van der Waals surface area contributed by atoms with Gasteiger partial charge in [-0.15, -0.1) is 0 Å². The zero-order valence-corrected chi connectivity index (χ0v) is 11.2. The van der Waals surface area contributed by atoms with Gasteiger partial charge < -0.3 is 9.84 Å². The van der Waals surface area contributed by atoms with Crippen LogP contribution < -0.4 is 4.74 Å². The highest BCUT2D eigenvalue weighted by atomic mass is 16.5. The quantitative estimate of drug-likeness (QED) is 0.886. The summed E-state index contributed by atoms with van der Waals surface area (Å²) in [6.07, 6.45) is 2.92. The molecule has 1 aromatic rings. The second-order valence-corrected chi connectivity index (χ2v) is 6.47. The smallest absolute Gasteiger partial charge is 0.122 e. The maximum Gasteiger partial charge on any atom is 0.122 e. The lowest BCUT2D eigenvalue weighted by Crippen LogP contribution is -2.21. The van der Waals surface area contributed by atoms with Gasteiger partial charge in [-0.3, -0.25) is 0 Å². The second kappa shape index (κ2) is 4.27. The van der Waals surface area contributed by atoms with Gasteiger partial charge in [-0.2, -0.15) is 0 Å². The molecular weight excluding hydrogens is 224 g/mol. The van der Waals surface area contributed by atoms with Crippen LogP contribution in [0, 0.1) is 11.3 Å². The molecule has 3 unspecified atom stereocenters. The Bertz CT molecular complexity index is 438. The molecule has 1 N–H and O–H groups in total. The number of benzene rings is 1. The predicted octanol–water partition coefficient (Wildman–Crippen LogP) is 3.35. The van der Waals surface area contributed by atoms with Crippen LogP contribution in [0.5, 0.6) is 5.75 Å². The third kappa shape index (κ3) is 2.14. The van der Waals surface area contributed by atoms with Gasteiger partial charge in [0.25, 0.3) is 0 Å². The summed E-state index contributed by atoms with van der Waals surface area (Å²) in [6.45, 7) is 5.28. The average Bonchev–Trinajstić information content (AvgIpc) is 2.99. The van der Waals surface area contributed by atoms with Crippen LogP contribution >= 0.6 is 0 Å². The minimum Gasteiger partial charge on any atom is -0.493 e. The number of fused-ring (bicyclic) bond motifs is 1. The lowest BCUT2D eigenvalue weighted by atomic mass is 9.86. The molecule has 2 nitrogen and oxygen atoms in total. The van der Waals surface area contributed by atoms with E-state index in [-0.39, 0.29) is 6.10 Å². The predicted molar refractivity (Wildman–Crippen MR) is 71.8 cm³/mol. The molecule has 0 spiro atoms. The summed E-state index contributed by atoms with van der Waals surface area (Å²) >= 11 is 0. The summed E-state index contributed by atoms with van der Waals surface area (Å²) in [5.74, 6) is 1.96. The number of aliphatic hydroxyl groups excluding tert-OH is 1. The summed E-state index contributed by atoms with van der Waals surface area (Å²) < 4.78 is 5.67. The van der Waals surface area contributed by atoms with Gasteiger partial charge in [-0.1, -0.05) is 32.0 Å². The number of aliphatic hydroxyl groups is 1. The average molecular weight is 246 g/mol. The van der Waals surface area contributed by atoms with Crippen molar-refractivity contribution in [3.8, 4) is 5.75 Å². The highest BCUT2D eigenvalue weighted by molar-refractivity contribution is 5.37. The Balaban J connectivity index is 1.71. The zero-order chi connectivity index (χ0) is 12.8. The van der Waals surface area contributed by atoms with Crippen molar-refractivity contribution >= 4 is 0 Å². The van der Waals surface area contributed by atoms with E-state index in [0.717, 1.165) is 25.2 Å². The van der Waals surface area contributed by atoms with E-state index in [1.165, 1.54) is 12.0 Å². The molecule has 1 aromatic carbocycles. The number of rotatable bonds is 3. The van der Waals surface area contributed by atoms with Gasteiger partial charge in [0.1, 0.15) is 5.75 Å². The molecule has 0 amide bonds. The molecule has 1 fully saturated rings. The molecule has 98 valence electrons. The molecular formula is C16H22O2. The normalized spacial score (nSPS) is 30.2. The molecule has 0 radical (unpaired) electrons. The molecule has 2 aliphatic rings. The summed E-state index contributed by atoms with van der Waals surface area (Å²) in [6, 6.07) is 8.26. The standard InChI is InChI=1S/C16H22O2/c1-16(2)10-13(16)14(17)9-11-7-8-18-15-6-4-3-5-12(11)15/h3-6,11,13-14,17H,7-10H2,1-2H3. The Morgan fingerprint density at radius 1 is 1.39 bits per heavy atom. The Kier molecular flexibility index (Phi) is 2.86. The first-order chi connectivity index (χ1) is 8.58. The van der Waals surface area contributed by atoms with Gasteiger partial charge in [-0.25, -0.2) is 0 Å². The van der Waals surface area contributed by atoms with E-state index in [1.807, 2.05) is 12.1 Å². The van der Waals surface area contributed by atoms with Gasteiger partial charge in [0.2, 0.25) is 0 Å². The number of para-hydroxylation sites is 1. The van der Waals surface area contributed by atoms with E-state index in [0.29, 0.717) is 17.3 Å². The van der Waals surface area contributed by atoms with Gasteiger partial charge in [0.15, 0.2) is 0 Å². The minimum absolute atomic E-state index is 0.156. The summed E-state index contributed by atoms with van der Waals surface area (Å²) in [4.78, 5) is 0. The van der Waals surface area contributed by atoms with E-state index in [9.17, 15) is 5.11 Å². The second-order valence-electron chi connectivity index (χ2n) is 6.47. The third-order valence-electron chi connectivity index (χ3n) is 4.66. The SMILES string of the molecule is CC1(C)CC1C(O)CC1CCOc2ccccc21. The Morgan fingerprint density at radius 3 is 2.83 bits per heavy atom. The number of hydrogen-bond acceptors (Lipinski definition) is 2. The fourth-order valence-corrected chi connectivity index (χ4v) is 3.28. The molecule has 3 atom stereocenters. The van der Waals surface area contributed by atoms with Crippen LogP contribution in [-0.2, 0) is 0 Å². The highest BCUT2D eigenvalue weighted by Crippen LogP contribution is 2.55. The highest BCUT2D eigenvalue weighted by Gasteiger charge is 2.50. The van der Waals surface area contributed by atoms with Crippen LogP contribution in [0.4, 0.5) is 0 Å². The van der Waals surface area contributed by atoms with E-state index >= 15 is 0 Å². The maximum absolute atomic E-state index is 10.4. The van der Waals surface area contributed by atoms with E-state index < -0.39 is 0 Å². The number of ether oxygens (including phenoxy) is 1. The summed E-state index contributed by atoms with van der Waals surface area (Å²) in [5, 5.41) is 10.4. The zero-order valence-electron chi connectivity index (χ0n) is 11.2. The Morgan fingerprint density at radius 2 is 2.11 bits per heavy atom. The third-order valence-corrected chi connectivity index (χ3v) is 4.66. The van der Waals surface area contributed by atoms with Crippen molar-refractivity contribution < 1.29 is 9.84 Å².